The molecule has 50 heavy (non-hydrogen) atoms. The van der Waals surface area contributed by atoms with Gasteiger partial charge in [-0.2, -0.15) is 8.78 Å². The molecule has 13 nitrogen and oxygen atoms in total. The molecule has 2 aromatic heterocycles. The van der Waals surface area contributed by atoms with Gasteiger partial charge in [0.2, 0.25) is 5.91 Å². The van der Waals surface area contributed by atoms with Gasteiger partial charge in [-0.25, -0.2) is 13.9 Å². The first-order valence-corrected chi connectivity index (χ1v) is 16.5. The Morgan fingerprint density at radius 3 is 2.48 bits per heavy atom. The Bertz CT molecular complexity index is 1680. The first-order chi connectivity index (χ1) is 23.5. The summed E-state index contributed by atoms with van der Waals surface area (Å²) in [4.78, 5) is 49.8. The van der Waals surface area contributed by atoms with Crippen LogP contribution in [0.3, 0.4) is 0 Å². The Morgan fingerprint density at radius 1 is 1.06 bits per heavy atom. The van der Waals surface area contributed by atoms with Crippen LogP contribution >= 0.6 is 0 Å². The highest BCUT2D eigenvalue weighted by Gasteiger charge is 2.26. The van der Waals surface area contributed by atoms with E-state index < -0.39 is 35.4 Å². The second-order valence-electron chi connectivity index (χ2n) is 13.5. The molecule has 1 unspecified atom stereocenters. The molecule has 1 fully saturated rings. The van der Waals surface area contributed by atoms with E-state index in [2.05, 4.69) is 31.0 Å². The van der Waals surface area contributed by atoms with Crippen molar-refractivity contribution in [3.8, 4) is 5.75 Å². The minimum absolute atomic E-state index is 0.00675. The summed E-state index contributed by atoms with van der Waals surface area (Å²) < 4.78 is 53.4. The van der Waals surface area contributed by atoms with Gasteiger partial charge < -0.3 is 30.0 Å². The zero-order chi connectivity index (χ0) is 36.5. The van der Waals surface area contributed by atoms with Crippen molar-refractivity contribution < 1.29 is 37.0 Å². The van der Waals surface area contributed by atoms with E-state index in [9.17, 15) is 32.3 Å². The summed E-state index contributed by atoms with van der Waals surface area (Å²) in [6.45, 7) is 5.93. The number of benzene rings is 1. The second kappa shape index (κ2) is 16.7. The van der Waals surface area contributed by atoms with Crippen molar-refractivity contribution in [1.29, 1.82) is 0 Å². The highest BCUT2D eigenvalue weighted by molar-refractivity contribution is 5.92. The topological polar surface area (TPSA) is 158 Å². The number of carbonyl (C=O) groups excluding carboxylic acids is 3. The van der Waals surface area contributed by atoms with Gasteiger partial charge in [0.1, 0.15) is 17.5 Å². The van der Waals surface area contributed by atoms with Crippen LogP contribution in [-0.2, 0) is 29.2 Å². The van der Waals surface area contributed by atoms with Crippen molar-refractivity contribution in [3.05, 3.63) is 70.4 Å². The van der Waals surface area contributed by atoms with E-state index >= 15 is 0 Å². The minimum atomic E-state index is -3.35. The molecule has 4 rings (SSSR count). The van der Waals surface area contributed by atoms with Gasteiger partial charge in [0, 0.05) is 50.4 Å². The summed E-state index contributed by atoms with van der Waals surface area (Å²) in [5.41, 5.74) is -0.150. The molecule has 0 aliphatic heterocycles. The van der Waals surface area contributed by atoms with Crippen LogP contribution in [0.15, 0.2) is 53.6 Å². The number of rotatable bonds is 14. The third kappa shape index (κ3) is 12.9. The summed E-state index contributed by atoms with van der Waals surface area (Å²) in [6, 6.07) is 8.78. The van der Waals surface area contributed by atoms with Gasteiger partial charge in [-0.05, 0) is 82.6 Å². The lowest BCUT2D eigenvalue weighted by molar-refractivity contribution is -0.159. The average molecular weight is 704 g/mol. The van der Waals surface area contributed by atoms with Crippen molar-refractivity contribution in [3.63, 3.8) is 0 Å². The van der Waals surface area contributed by atoms with Crippen LogP contribution in [0.25, 0.3) is 0 Å². The zero-order valence-corrected chi connectivity index (χ0v) is 28.6. The number of anilines is 1. The first-order valence-electron chi connectivity index (χ1n) is 16.5. The average Bonchev–Trinajstić information content (AvgIpc) is 3.47. The summed E-state index contributed by atoms with van der Waals surface area (Å²) >= 11 is 0. The fourth-order valence-corrected chi connectivity index (χ4v) is 5.49. The monoisotopic (exact) mass is 703 g/mol. The molecular weight excluding hydrogens is 659 g/mol. The molecule has 2 heterocycles. The Kier molecular flexibility index (Phi) is 12.6. The molecular formula is C34H44F3N7O6. The number of pyridine rings is 1. The zero-order valence-electron chi connectivity index (χ0n) is 28.6. The number of alkyl halides is 3. The number of carbonyl (C=O) groups is 3. The SMILES string of the molecule is CC(C)(C)OC(=O)N[C@H]1CC[C@@H](CC(=O)Nc2ccn(CCC(F)Cn3cc(C(=O)NCc4cccc(OC(C)(F)F)c4)nn3)c(=O)c2)CC1. The van der Waals surface area contributed by atoms with E-state index in [-0.39, 0.29) is 55.4 Å². The molecule has 1 aliphatic carbocycles. The number of alkyl carbamates (subject to hydrolysis) is 1. The largest absolute Gasteiger partial charge is 0.444 e. The fraction of sp³-hybridized carbons (Fsp3) is 0.529. The van der Waals surface area contributed by atoms with Crippen LogP contribution in [0.4, 0.5) is 23.7 Å². The van der Waals surface area contributed by atoms with Crippen LogP contribution in [-0.4, -0.2) is 61.4 Å². The smallest absolute Gasteiger partial charge is 0.407 e. The van der Waals surface area contributed by atoms with E-state index in [1.807, 2.05) is 0 Å². The standard InChI is InChI=1S/C34H44F3N7O6/c1-33(2,3)50-32(48)40-25-10-8-22(9-11-25)17-29(45)39-26-13-15-43(30(46)18-26)14-12-24(35)20-44-21-28(41-42-44)31(47)38-19-23-6-5-7-27(16-23)49-34(4,36)37/h5-7,13,15-16,18,21-22,24-25H,8-12,14,17,19-20H2,1-4H3,(H,38,47)(H,39,45)(H,40,48)/t22-,24?,25+. The Morgan fingerprint density at radius 2 is 1.80 bits per heavy atom. The van der Waals surface area contributed by atoms with Crippen LogP contribution in [0.2, 0.25) is 0 Å². The number of aryl methyl sites for hydroxylation is 1. The maximum atomic E-state index is 14.8. The predicted octanol–water partition coefficient (Wildman–Crippen LogP) is 5.20. The van der Waals surface area contributed by atoms with Gasteiger partial charge in [0.05, 0.1) is 12.7 Å². The van der Waals surface area contributed by atoms with E-state index in [1.54, 1.807) is 32.9 Å². The second-order valence-corrected chi connectivity index (χ2v) is 13.5. The number of amides is 3. The normalized spacial score (nSPS) is 17.0. The molecule has 3 N–H and O–H groups in total. The molecule has 3 aromatic rings. The molecule has 0 bridgehead atoms. The summed E-state index contributed by atoms with van der Waals surface area (Å²) in [5, 5.41) is 15.8. The predicted molar refractivity (Wildman–Crippen MR) is 177 cm³/mol. The molecule has 0 spiro atoms. The number of hydrogen-bond donors (Lipinski definition) is 3. The summed E-state index contributed by atoms with van der Waals surface area (Å²) in [6.07, 6.45) is 0.906. The molecule has 1 atom stereocenters. The van der Waals surface area contributed by atoms with Crippen LogP contribution in [0.5, 0.6) is 5.75 Å². The highest BCUT2D eigenvalue weighted by Crippen LogP contribution is 2.28. The summed E-state index contributed by atoms with van der Waals surface area (Å²) in [5.74, 6) is -0.684. The Hall–Kier alpha value is -4.89. The van der Waals surface area contributed by atoms with Gasteiger partial charge in [-0.3, -0.25) is 14.4 Å². The third-order valence-corrected chi connectivity index (χ3v) is 7.81. The molecule has 0 radical (unpaired) electrons. The van der Waals surface area contributed by atoms with Crippen LogP contribution in [0, 0.1) is 5.92 Å². The van der Waals surface area contributed by atoms with Crippen molar-refractivity contribution in [2.24, 2.45) is 5.92 Å². The van der Waals surface area contributed by atoms with Gasteiger partial charge in [-0.1, -0.05) is 17.3 Å². The van der Waals surface area contributed by atoms with E-state index in [0.29, 0.717) is 24.6 Å². The van der Waals surface area contributed by atoms with Crippen LogP contribution in [0.1, 0.15) is 82.3 Å². The lowest BCUT2D eigenvalue weighted by Gasteiger charge is -2.29. The third-order valence-electron chi connectivity index (χ3n) is 7.81. The van der Waals surface area contributed by atoms with Crippen LogP contribution < -0.4 is 26.2 Å². The van der Waals surface area contributed by atoms with Gasteiger partial charge in [0.15, 0.2) is 5.69 Å². The Labute approximate surface area is 287 Å². The molecule has 1 saturated carbocycles. The van der Waals surface area contributed by atoms with Crippen molar-refractivity contribution >= 4 is 23.6 Å². The number of halogens is 3. The maximum Gasteiger partial charge on any atom is 0.407 e. The molecule has 272 valence electrons. The number of hydrogen-bond acceptors (Lipinski definition) is 8. The minimum Gasteiger partial charge on any atom is -0.444 e. The molecule has 16 heteroatoms. The van der Waals surface area contributed by atoms with Crippen molar-refractivity contribution in [1.82, 2.24) is 30.2 Å². The van der Waals surface area contributed by atoms with Crippen molar-refractivity contribution in [2.75, 3.05) is 5.32 Å². The molecule has 0 saturated heterocycles. The van der Waals surface area contributed by atoms with E-state index in [1.165, 1.54) is 45.9 Å². The van der Waals surface area contributed by atoms with Gasteiger partial charge in [-0.15, -0.1) is 5.10 Å². The van der Waals surface area contributed by atoms with Gasteiger partial charge >= 0.3 is 12.2 Å². The molecule has 3 amide bonds. The first kappa shape index (κ1) is 37.9. The fourth-order valence-electron chi connectivity index (χ4n) is 5.49. The lowest BCUT2D eigenvalue weighted by Crippen LogP contribution is -2.41. The van der Waals surface area contributed by atoms with E-state index in [0.717, 1.165) is 25.7 Å². The van der Waals surface area contributed by atoms with Crippen molar-refractivity contribution in [2.45, 2.75) is 110 Å². The Balaban J connectivity index is 1.16. The number of aromatic nitrogens is 4. The number of nitrogens with zero attached hydrogens (tertiary/aromatic N) is 4. The van der Waals surface area contributed by atoms with Gasteiger partial charge in [0.25, 0.3) is 11.5 Å². The lowest BCUT2D eigenvalue weighted by atomic mass is 9.84. The number of ether oxygens (including phenoxy) is 2. The maximum absolute atomic E-state index is 14.8. The quantitative estimate of drug-likeness (QED) is 0.207. The molecule has 1 aromatic carbocycles. The number of nitrogens with one attached hydrogen (secondary N) is 3. The highest BCUT2D eigenvalue weighted by atomic mass is 19.3. The summed E-state index contributed by atoms with van der Waals surface area (Å²) in [7, 11) is 0. The molecule has 1 aliphatic rings. The van der Waals surface area contributed by atoms with E-state index in [4.69, 9.17) is 4.74 Å².